The molecule has 1 aromatic heterocycles. The molecule has 0 saturated carbocycles. The summed E-state index contributed by atoms with van der Waals surface area (Å²) in [6.07, 6.45) is 5.11. The third-order valence-corrected chi connectivity index (χ3v) is 5.49. The molecule has 2 heterocycles. The van der Waals surface area contributed by atoms with Crippen molar-refractivity contribution in [3.8, 4) is 0 Å². The Bertz CT molecular complexity index is 932. The zero-order valence-corrected chi connectivity index (χ0v) is 17.1. The fraction of sp³-hybridized carbons (Fsp3) is 0.348. The Morgan fingerprint density at radius 1 is 1.00 bits per heavy atom. The van der Waals surface area contributed by atoms with Crippen LogP contribution in [-0.2, 0) is 6.42 Å². The molecule has 1 fully saturated rings. The number of aromatic nitrogens is 3. The molecule has 6 nitrogen and oxygen atoms in total. The Hall–Kier alpha value is -3.15. The number of anilines is 5. The molecule has 0 amide bonds. The molecule has 1 saturated heterocycles. The van der Waals surface area contributed by atoms with E-state index >= 15 is 0 Å². The lowest BCUT2D eigenvalue weighted by Crippen LogP contribution is -2.32. The molecule has 3 aromatic rings. The average molecular weight is 389 g/mol. The summed E-state index contributed by atoms with van der Waals surface area (Å²) in [7, 11) is 0. The van der Waals surface area contributed by atoms with Crippen molar-refractivity contribution in [1.82, 2.24) is 15.2 Å². The zero-order chi connectivity index (χ0) is 20.1. The molecule has 0 radical (unpaired) electrons. The van der Waals surface area contributed by atoms with Crippen molar-refractivity contribution in [3.05, 3.63) is 60.3 Å². The number of piperidine rings is 1. The Morgan fingerprint density at radius 3 is 2.52 bits per heavy atom. The third-order valence-electron chi connectivity index (χ3n) is 5.49. The van der Waals surface area contributed by atoms with Crippen molar-refractivity contribution in [2.45, 2.75) is 33.1 Å². The summed E-state index contributed by atoms with van der Waals surface area (Å²) in [5.41, 5.74) is 4.49. The van der Waals surface area contributed by atoms with Gasteiger partial charge in [-0.3, -0.25) is 0 Å². The monoisotopic (exact) mass is 388 g/mol. The van der Waals surface area contributed by atoms with E-state index in [1.54, 1.807) is 6.20 Å². The van der Waals surface area contributed by atoms with Crippen molar-refractivity contribution in [1.29, 1.82) is 0 Å². The Balaban J connectivity index is 1.42. The van der Waals surface area contributed by atoms with E-state index in [1.807, 2.05) is 18.2 Å². The van der Waals surface area contributed by atoms with Crippen LogP contribution in [0.4, 0.5) is 28.8 Å². The molecular formula is C23H28N6. The first-order chi connectivity index (χ1) is 14.2. The minimum Gasteiger partial charge on any atom is -0.372 e. The summed E-state index contributed by atoms with van der Waals surface area (Å²) < 4.78 is 0. The summed E-state index contributed by atoms with van der Waals surface area (Å²) >= 11 is 0. The highest BCUT2D eigenvalue weighted by Gasteiger charge is 2.15. The first-order valence-electron chi connectivity index (χ1n) is 10.4. The van der Waals surface area contributed by atoms with Crippen LogP contribution in [0.1, 0.15) is 32.3 Å². The highest BCUT2D eigenvalue weighted by Crippen LogP contribution is 2.25. The first-order valence-corrected chi connectivity index (χ1v) is 10.4. The fourth-order valence-corrected chi connectivity index (χ4v) is 3.66. The number of hydrogen-bond acceptors (Lipinski definition) is 6. The summed E-state index contributed by atoms with van der Waals surface area (Å²) in [6, 6.07) is 16.7. The van der Waals surface area contributed by atoms with Crippen LogP contribution in [0.25, 0.3) is 0 Å². The number of aryl methyl sites for hydroxylation is 1. The minimum absolute atomic E-state index is 0.481. The highest BCUT2D eigenvalue weighted by molar-refractivity contribution is 5.63. The molecule has 2 N–H and O–H groups in total. The largest absolute Gasteiger partial charge is 0.372 e. The van der Waals surface area contributed by atoms with Crippen LogP contribution in [0, 0.1) is 5.92 Å². The van der Waals surface area contributed by atoms with Gasteiger partial charge in [0.15, 0.2) is 5.82 Å². The maximum atomic E-state index is 4.55. The number of nitrogens with one attached hydrogen (secondary N) is 2. The van der Waals surface area contributed by atoms with Crippen molar-refractivity contribution in [2.75, 3.05) is 28.6 Å². The zero-order valence-electron chi connectivity index (χ0n) is 17.1. The maximum absolute atomic E-state index is 4.55. The second kappa shape index (κ2) is 8.90. The van der Waals surface area contributed by atoms with Gasteiger partial charge in [0.1, 0.15) is 0 Å². The van der Waals surface area contributed by atoms with Crippen LogP contribution in [0.15, 0.2) is 54.7 Å². The quantitative estimate of drug-likeness (QED) is 0.608. The minimum atomic E-state index is 0.481. The molecule has 4 rings (SSSR count). The van der Waals surface area contributed by atoms with Crippen LogP contribution in [-0.4, -0.2) is 28.3 Å². The van der Waals surface area contributed by atoms with Gasteiger partial charge in [-0.05, 0) is 61.1 Å². The van der Waals surface area contributed by atoms with E-state index in [0.29, 0.717) is 11.8 Å². The molecule has 0 bridgehead atoms. The van der Waals surface area contributed by atoms with E-state index in [2.05, 4.69) is 74.9 Å². The molecule has 0 aliphatic carbocycles. The van der Waals surface area contributed by atoms with Gasteiger partial charge in [0, 0.05) is 30.2 Å². The van der Waals surface area contributed by atoms with E-state index in [-0.39, 0.29) is 0 Å². The van der Waals surface area contributed by atoms with Gasteiger partial charge in [0.2, 0.25) is 5.95 Å². The second-order valence-corrected chi connectivity index (χ2v) is 7.64. The van der Waals surface area contributed by atoms with Crippen LogP contribution in [0.3, 0.4) is 0 Å². The van der Waals surface area contributed by atoms with Crippen molar-refractivity contribution in [2.24, 2.45) is 5.92 Å². The smallest absolute Gasteiger partial charge is 0.249 e. The van der Waals surface area contributed by atoms with Crippen molar-refractivity contribution < 1.29 is 0 Å². The summed E-state index contributed by atoms with van der Waals surface area (Å²) in [5.74, 6) is 1.98. The SMILES string of the molecule is CCc1ccccc1Nc1nncc(Nc2ccc(N3CCC(C)CC3)cc2)n1. The van der Waals surface area contributed by atoms with Gasteiger partial charge < -0.3 is 15.5 Å². The Labute approximate surface area is 172 Å². The van der Waals surface area contributed by atoms with Crippen LogP contribution < -0.4 is 15.5 Å². The van der Waals surface area contributed by atoms with Crippen LogP contribution >= 0.6 is 0 Å². The number of hydrogen-bond donors (Lipinski definition) is 2. The lowest BCUT2D eigenvalue weighted by atomic mass is 9.99. The van der Waals surface area contributed by atoms with Gasteiger partial charge in [-0.2, -0.15) is 10.1 Å². The van der Waals surface area contributed by atoms with Crippen molar-refractivity contribution >= 4 is 28.8 Å². The second-order valence-electron chi connectivity index (χ2n) is 7.64. The maximum Gasteiger partial charge on any atom is 0.249 e. The van der Waals surface area contributed by atoms with Crippen LogP contribution in [0.2, 0.25) is 0 Å². The molecular weight excluding hydrogens is 360 g/mol. The third kappa shape index (κ3) is 4.83. The average Bonchev–Trinajstić information content (AvgIpc) is 2.76. The van der Waals surface area contributed by atoms with E-state index in [0.717, 1.165) is 36.8 Å². The Kier molecular flexibility index (Phi) is 5.89. The fourth-order valence-electron chi connectivity index (χ4n) is 3.66. The Morgan fingerprint density at radius 2 is 1.76 bits per heavy atom. The number of benzene rings is 2. The van der Waals surface area contributed by atoms with E-state index in [1.165, 1.54) is 24.1 Å². The molecule has 0 atom stereocenters. The summed E-state index contributed by atoms with van der Waals surface area (Å²) in [5, 5.41) is 14.8. The molecule has 150 valence electrons. The summed E-state index contributed by atoms with van der Waals surface area (Å²) in [6.45, 7) is 6.74. The summed E-state index contributed by atoms with van der Waals surface area (Å²) in [4.78, 5) is 7.01. The topological polar surface area (TPSA) is 66.0 Å². The lowest BCUT2D eigenvalue weighted by molar-refractivity contribution is 0.438. The molecule has 1 aliphatic rings. The van der Waals surface area contributed by atoms with Gasteiger partial charge in [-0.1, -0.05) is 32.0 Å². The predicted octanol–water partition coefficient (Wildman–Crippen LogP) is 5.16. The van der Waals surface area contributed by atoms with Gasteiger partial charge in [0.25, 0.3) is 0 Å². The van der Waals surface area contributed by atoms with E-state index in [4.69, 9.17) is 0 Å². The molecule has 0 unspecified atom stereocenters. The van der Waals surface area contributed by atoms with Crippen LogP contribution in [0.5, 0.6) is 0 Å². The van der Waals surface area contributed by atoms with E-state index < -0.39 is 0 Å². The number of rotatable bonds is 6. The first kappa shape index (κ1) is 19.2. The van der Waals surface area contributed by atoms with Gasteiger partial charge in [0.05, 0.1) is 6.20 Å². The standard InChI is InChI=1S/C23H28N6/c1-3-18-6-4-5-7-21(18)26-23-27-22(16-24-28-23)25-19-8-10-20(11-9-19)29-14-12-17(2)13-15-29/h4-11,16-17H,3,12-15H2,1-2H3,(H2,25,26,27,28). The lowest BCUT2D eigenvalue weighted by Gasteiger charge is -2.32. The van der Waals surface area contributed by atoms with Gasteiger partial charge in [-0.25, -0.2) is 0 Å². The highest BCUT2D eigenvalue weighted by atomic mass is 15.3. The predicted molar refractivity (Wildman–Crippen MR) is 119 cm³/mol. The normalized spacial score (nSPS) is 14.6. The molecule has 6 heteroatoms. The van der Waals surface area contributed by atoms with Gasteiger partial charge >= 0.3 is 0 Å². The van der Waals surface area contributed by atoms with Crippen molar-refractivity contribution in [3.63, 3.8) is 0 Å². The number of para-hydroxylation sites is 1. The van der Waals surface area contributed by atoms with E-state index in [9.17, 15) is 0 Å². The van der Waals surface area contributed by atoms with Gasteiger partial charge in [-0.15, -0.1) is 5.10 Å². The molecule has 0 spiro atoms. The number of nitrogens with zero attached hydrogens (tertiary/aromatic N) is 4. The molecule has 1 aliphatic heterocycles. The molecule has 29 heavy (non-hydrogen) atoms. The molecule has 2 aromatic carbocycles.